The number of fused-ring (bicyclic) bond motifs is 1. The van der Waals surface area contributed by atoms with Gasteiger partial charge < -0.3 is 19.7 Å². The van der Waals surface area contributed by atoms with Crippen LogP contribution < -0.4 is 5.11 Å². The fraction of sp³-hybridized carbons (Fsp3) is 0.524. The Morgan fingerprint density at radius 3 is 2.60 bits per heavy atom. The zero-order chi connectivity index (χ0) is 22.0. The number of imide groups is 1. The van der Waals surface area contributed by atoms with Gasteiger partial charge in [-0.15, -0.1) is 0 Å². The molecule has 4 amide bonds. The third-order valence-electron chi connectivity index (χ3n) is 5.56. The molecule has 0 bridgehead atoms. The molecule has 0 N–H and O–H groups in total. The molecule has 1 aromatic rings. The predicted octanol–water partition coefficient (Wildman–Crippen LogP) is 0.888. The molecule has 2 fully saturated rings. The fourth-order valence-corrected chi connectivity index (χ4v) is 4.22. The fourth-order valence-electron chi connectivity index (χ4n) is 4.22. The molecule has 8 nitrogen and oxygen atoms in total. The number of nitrogens with zero attached hydrogens (tertiary/aromatic N) is 3. The van der Waals surface area contributed by atoms with Crippen LogP contribution in [0, 0.1) is 5.82 Å². The van der Waals surface area contributed by atoms with Crippen molar-refractivity contribution in [3.8, 4) is 0 Å². The summed E-state index contributed by atoms with van der Waals surface area (Å²) in [5.74, 6) is -2.39. The van der Waals surface area contributed by atoms with Crippen LogP contribution >= 0.6 is 0 Å². The Hall–Kier alpha value is -2.97. The van der Waals surface area contributed by atoms with E-state index in [9.17, 15) is 28.7 Å². The van der Waals surface area contributed by atoms with E-state index in [1.165, 1.54) is 21.9 Å². The molecule has 1 aromatic carbocycles. The van der Waals surface area contributed by atoms with E-state index in [2.05, 4.69) is 0 Å². The van der Waals surface area contributed by atoms with Crippen molar-refractivity contribution in [1.29, 1.82) is 0 Å². The number of halogens is 1. The molecule has 0 radical (unpaired) electrons. The molecule has 3 rings (SSSR count). The molecule has 0 spiro atoms. The number of rotatable bonds is 7. The standard InChI is InChI=1S/C21H26FN3O5/c1-13(2)25-20(29)19-16(9-10-23(19)17(26)7-4-8-18(27)28)24(21(25)30)12-14-5-3-6-15(22)11-14/h3,5-6,11,13,16,19H,4,7-10,12H2,1-2H3,(H,27,28)/p-1/t16-,19+/m1/s1. The molecule has 2 aliphatic rings. The lowest BCUT2D eigenvalue weighted by atomic mass is 10.0. The second-order valence-corrected chi connectivity index (χ2v) is 7.96. The second kappa shape index (κ2) is 8.81. The molecular weight excluding hydrogens is 393 g/mol. The molecule has 2 saturated heterocycles. The largest absolute Gasteiger partial charge is 0.550 e. The molecule has 0 aliphatic carbocycles. The van der Waals surface area contributed by atoms with Gasteiger partial charge in [0.2, 0.25) is 5.91 Å². The van der Waals surface area contributed by atoms with Gasteiger partial charge in [0.15, 0.2) is 0 Å². The summed E-state index contributed by atoms with van der Waals surface area (Å²) in [6, 6.07) is 3.74. The molecule has 2 atom stereocenters. The number of carbonyl (C=O) groups is 4. The smallest absolute Gasteiger partial charge is 0.327 e. The van der Waals surface area contributed by atoms with E-state index in [1.54, 1.807) is 26.0 Å². The normalized spacial score (nSPS) is 21.4. The number of amides is 4. The van der Waals surface area contributed by atoms with Crippen LogP contribution in [-0.2, 0) is 20.9 Å². The van der Waals surface area contributed by atoms with Crippen molar-refractivity contribution in [1.82, 2.24) is 14.7 Å². The Labute approximate surface area is 174 Å². The van der Waals surface area contributed by atoms with Crippen molar-refractivity contribution in [3.63, 3.8) is 0 Å². The first-order valence-electron chi connectivity index (χ1n) is 10.1. The molecule has 162 valence electrons. The van der Waals surface area contributed by atoms with E-state index in [0.29, 0.717) is 18.5 Å². The summed E-state index contributed by atoms with van der Waals surface area (Å²) >= 11 is 0. The number of hydrogen-bond donors (Lipinski definition) is 0. The van der Waals surface area contributed by atoms with Crippen LogP contribution in [-0.4, -0.2) is 63.2 Å². The highest BCUT2D eigenvalue weighted by molar-refractivity contribution is 6.02. The lowest BCUT2D eigenvalue weighted by Gasteiger charge is -2.45. The van der Waals surface area contributed by atoms with Gasteiger partial charge in [-0.05, 0) is 50.8 Å². The first-order chi connectivity index (χ1) is 14.2. The van der Waals surface area contributed by atoms with Crippen molar-refractivity contribution in [2.24, 2.45) is 0 Å². The van der Waals surface area contributed by atoms with Crippen LogP contribution in [0.25, 0.3) is 0 Å². The Kier molecular flexibility index (Phi) is 6.38. The summed E-state index contributed by atoms with van der Waals surface area (Å²) < 4.78 is 13.6. The van der Waals surface area contributed by atoms with Crippen LogP contribution in [0.3, 0.4) is 0 Å². The summed E-state index contributed by atoms with van der Waals surface area (Å²) in [6.07, 6.45) is 0.312. The van der Waals surface area contributed by atoms with Crippen LogP contribution in [0.2, 0.25) is 0 Å². The molecule has 2 aliphatic heterocycles. The van der Waals surface area contributed by atoms with Gasteiger partial charge in [0.05, 0.1) is 6.04 Å². The number of carboxylic acids is 1. The van der Waals surface area contributed by atoms with Crippen LogP contribution in [0.1, 0.15) is 45.1 Å². The lowest BCUT2D eigenvalue weighted by Crippen LogP contribution is -2.66. The molecular formula is C21H25FN3O5-. The van der Waals surface area contributed by atoms with Crippen molar-refractivity contribution in [2.45, 2.75) is 64.2 Å². The molecule has 30 heavy (non-hydrogen) atoms. The third-order valence-corrected chi connectivity index (χ3v) is 5.56. The first-order valence-corrected chi connectivity index (χ1v) is 10.1. The SMILES string of the molecule is CC(C)N1C(=O)[C@@H]2[C@@H](CCN2C(=O)CCCC(=O)[O-])N(Cc2cccc(F)c2)C1=O. The van der Waals surface area contributed by atoms with Gasteiger partial charge in [-0.1, -0.05) is 12.1 Å². The summed E-state index contributed by atoms with van der Waals surface area (Å²) in [5.41, 5.74) is 0.596. The number of carbonyl (C=O) groups excluding carboxylic acids is 4. The van der Waals surface area contributed by atoms with Gasteiger partial charge in [-0.2, -0.15) is 0 Å². The van der Waals surface area contributed by atoms with E-state index in [4.69, 9.17) is 0 Å². The Bertz CT molecular complexity index is 859. The molecule has 2 heterocycles. The van der Waals surface area contributed by atoms with E-state index < -0.39 is 41.9 Å². The highest BCUT2D eigenvalue weighted by Crippen LogP contribution is 2.33. The van der Waals surface area contributed by atoms with Gasteiger partial charge in [-0.25, -0.2) is 9.18 Å². The Morgan fingerprint density at radius 1 is 1.23 bits per heavy atom. The molecule has 0 aromatic heterocycles. The van der Waals surface area contributed by atoms with Crippen molar-refractivity contribution >= 4 is 23.8 Å². The average Bonchev–Trinajstić information content (AvgIpc) is 3.10. The maximum atomic E-state index is 13.6. The monoisotopic (exact) mass is 418 g/mol. The number of benzene rings is 1. The number of hydrogen-bond acceptors (Lipinski definition) is 5. The van der Waals surface area contributed by atoms with E-state index in [0.717, 1.165) is 4.90 Å². The quantitative estimate of drug-likeness (QED) is 0.655. The van der Waals surface area contributed by atoms with Crippen LogP contribution in [0.4, 0.5) is 9.18 Å². The number of urea groups is 1. The van der Waals surface area contributed by atoms with Crippen LogP contribution in [0.5, 0.6) is 0 Å². The Balaban J connectivity index is 1.85. The molecule has 9 heteroatoms. The number of aliphatic carboxylic acids is 1. The van der Waals surface area contributed by atoms with Gasteiger partial charge in [-0.3, -0.25) is 14.5 Å². The zero-order valence-corrected chi connectivity index (χ0v) is 17.0. The summed E-state index contributed by atoms with van der Waals surface area (Å²) in [4.78, 5) is 53.6. The van der Waals surface area contributed by atoms with Gasteiger partial charge >= 0.3 is 6.03 Å². The third kappa shape index (κ3) is 4.29. The molecule has 0 saturated carbocycles. The topological polar surface area (TPSA) is 101 Å². The predicted molar refractivity (Wildman–Crippen MR) is 102 cm³/mol. The van der Waals surface area contributed by atoms with Gasteiger partial charge in [0.25, 0.3) is 5.91 Å². The minimum atomic E-state index is -1.23. The lowest BCUT2D eigenvalue weighted by molar-refractivity contribution is -0.305. The van der Waals surface area contributed by atoms with E-state index in [1.807, 2.05) is 0 Å². The second-order valence-electron chi connectivity index (χ2n) is 7.96. The summed E-state index contributed by atoms with van der Waals surface area (Å²) in [7, 11) is 0. The van der Waals surface area contributed by atoms with Gasteiger partial charge in [0, 0.05) is 31.5 Å². The highest BCUT2D eigenvalue weighted by atomic mass is 19.1. The van der Waals surface area contributed by atoms with Crippen molar-refractivity contribution in [2.75, 3.05) is 6.54 Å². The Morgan fingerprint density at radius 2 is 1.97 bits per heavy atom. The average molecular weight is 418 g/mol. The summed E-state index contributed by atoms with van der Waals surface area (Å²) in [6.45, 7) is 3.86. The number of likely N-dealkylation sites (tertiary alicyclic amines) is 1. The maximum Gasteiger partial charge on any atom is 0.327 e. The minimum Gasteiger partial charge on any atom is -0.550 e. The van der Waals surface area contributed by atoms with Gasteiger partial charge in [0.1, 0.15) is 11.9 Å². The number of carboxylic acid groups (broad SMARTS) is 1. The van der Waals surface area contributed by atoms with Crippen molar-refractivity contribution in [3.05, 3.63) is 35.6 Å². The zero-order valence-electron chi connectivity index (χ0n) is 17.0. The first kappa shape index (κ1) is 21.7. The van der Waals surface area contributed by atoms with Crippen LogP contribution in [0.15, 0.2) is 24.3 Å². The van der Waals surface area contributed by atoms with E-state index in [-0.39, 0.29) is 31.7 Å². The minimum absolute atomic E-state index is 0.00992. The van der Waals surface area contributed by atoms with E-state index >= 15 is 0 Å². The maximum absolute atomic E-state index is 13.6. The summed E-state index contributed by atoms with van der Waals surface area (Å²) in [5, 5.41) is 10.6. The van der Waals surface area contributed by atoms with Crippen molar-refractivity contribution < 1.29 is 28.7 Å². The molecule has 0 unspecified atom stereocenters. The highest BCUT2D eigenvalue weighted by Gasteiger charge is 2.53.